The quantitative estimate of drug-likeness (QED) is 0.117. The van der Waals surface area contributed by atoms with Gasteiger partial charge in [0, 0.05) is 70.0 Å². The number of fused-ring (bicyclic) bond motifs is 4. The number of piperidine rings is 2. The van der Waals surface area contributed by atoms with Gasteiger partial charge in [-0.25, -0.2) is 13.9 Å². The smallest absolute Gasteiger partial charge is 0.272 e. The summed E-state index contributed by atoms with van der Waals surface area (Å²) in [6.07, 6.45) is 14.8. The summed E-state index contributed by atoms with van der Waals surface area (Å²) in [5, 5.41) is 14.4. The number of hydrogen-bond donors (Lipinski definition) is 3. The third-order valence-electron chi connectivity index (χ3n) is 19.8. The molecule has 5 amide bonds. The molecule has 2 atom stereocenters. The summed E-state index contributed by atoms with van der Waals surface area (Å²) >= 11 is 0. The molecule has 1 aromatic heterocycles. The number of likely N-dealkylation sites (tertiary alicyclic amines) is 2. The minimum Gasteiger partial charge on any atom is -0.371 e. The molecule has 5 saturated carbocycles. The SMILES string of the molecule is O=C(N[C@@H](C(=O)NC12CCC(CN3CCC(CC(=O)N4CCN(C(=O)c5cc(Cc6n[nH]c(=O)c7ccccc67)ccc5F)CC4)CC3)(CC1)OC2)C1CCCCC1)c1cccc(C2CCCN(C(=O)C34CC(C3)C4)C2)c1F. The van der Waals surface area contributed by atoms with Crippen molar-refractivity contribution in [2.24, 2.45) is 23.2 Å². The van der Waals surface area contributed by atoms with Crippen LogP contribution < -0.4 is 16.2 Å². The predicted molar refractivity (Wildman–Crippen MR) is 288 cm³/mol. The van der Waals surface area contributed by atoms with E-state index in [-0.39, 0.29) is 63.2 Å². The van der Waals surface area contributed by atoms with Gasteiger partial charge >= 0.3 is 0 Å². The van der Waals surface area contributed by atoms with Crippen LogP contribution in [0.15, 0.2) is 65.5 Å². The fraction of sp³-hybridized carbons (Fsp3) is 0.590. The number of carbonyl (C=O) groups excluding carboxylic acids is 5. The number of piperazine rings is 1. The van der Waals surface area contributed by atoms with E-state index in [2.05, 4.69) is 25.7 Å². The zero-order chi connectivity index (χ0) is 53.8. The van der Waals surface area contributed by atoms with Gasteiger partial charge in [0.05, 0.1) is 45.4 Å². The molecule has 5 aliphatic heterocycles. The third kappa shape index (κ3) is 10.4. The average molecular weight is 1070 g/mol. The van der Waals surface area contributed by atoms with Gasteiger partial charge in [-0.2, -0.15) is 5.10 Å². The van der Waals surface area contributed by atoms with Gasteiger partial charge in [0.2, 0.25) is 17.7 Å². The molecule has 17 heteroatoms. The number of hydrogen-bond acceptors (Lipinski definition) is 9. The summed E-state index contributed by atoms with van der Waals surface area (Å²) in [6, 6.07) is 15.8. The first-order valence-electron chi connectivity index (χ1n) is 29.1. The van der Waals surface area contributed by atoms with Gasteiger partial charge in [-0.1, -0.05) is 55.7 Å². The fourth-order valence-electron chi connectivity index (χ4n) is 14.9. The predicted octanol–water partition coefficient (Wildman–Crippen LogP) is 7.26. The van der Waals surface area contributed by atoms with Crippen molar-refractivity contribution < 1.29 is 37.5 Å². The molecular weight excluding hydrogens is 995 g/mol. The molecule has 15 nitrogen and oxygen atoms in total. The molecule has 3 aromatic carbocycles. The number of aromatic nitrogens is 2. The second-order valence-corrected chi connectivity index (χ2v) is 24.8. The molecular formula is C61H74F2N8O7. The van der Waals surface area contributed by atoms with Gasteiger partial charge in [-0.05, 0) is 150 Å². The maximum absolute atomic E-state index is 16.5. The Morgan fingerprint density at radius 1 is 0.756 bits per heavy atom. The Morgan fingerprint density at radius 3 is 2.19 bits per heavy atom. The van der Waals surface area contributed by atoms with Gasteiger partial charge in [-0.15, -0.1) is 0 Å². The van der Waals surface area contributed by atoms with Gasteiger partial charge in [0.15, 0.2) is 0 Å². The molecule has 3 N–H and O–H groups in total. The molecule has 4 aromatic rings. The highest BCUT2D eigenvalue weighted by atomic mass is 19.1. The summed E-state index contributed by atoms with van der Waals surface area (Å²) in [6.45, 7) is 5.45. The number of rotatable bonds is 14. The first-order valence-corrected chi connectivity index (χ1v) is 29.1. The lowest BCUT2D eigenvalue weighted by Gasteiger charge is -2.61. The van der Waals surface area contributed by atoms with E-state index in [1.165, 1.54) is 12.1 Å². The van der Waals surface area contributed by atoms with Crippen LogP contribution in [-0.2, 0) is 25.5 Å². The molecule has 6 heterocycles. The van der Waals surface area contributed by atoms with Crippen molar-refractivity contribution in [1.29, 1.82) is 0 Å². The van der Waals surface area contributed by atoms with Gasteiger partial charge < -0.3 is 35.0 Å². The Labute approximate surface area is 454 Å². The fourth-order valence-corrected chi connectivity index (χ4v) is 14.9. The Kier molecular flexibility index (Phi) is 14.5. The first kappa shape index (κ1) is 52.6. The Morgan fingerprint density at radius 2 is 1.49 bits per heavy atom. The van der Waals surface area contributed by atoms with Crippen molar-refractivity contribution in [2.45, 2.75) is 139 Å². The number of benzene rings is 3. The monoisotopic (exact) mass is 1070 g/mol. The first-order chi connectivity index (χ1) is 37.8. The normalized spacial score (nSPS) is 27.9. The number of halogens is 2. The summed E-state index contributed by atoms with van der Waals surface area (Å²) in [4.78, 5) is 89.5. The average Bonchev–Trinajstić information content (AvgIpc) is 3.63. The molecule has 10 aliphatic rings. The largest absolute Gasteiger partial charge is 0.371 e. The van der Waals surface area contributed by atoms with E-state index in [0.717, 1.165) is 122 Å². The van der Waals surface area contributed by atoms with Gasteiger partial charge in [-0.3, -0.25) is 28.8 Å². The molecule has 0 radical (unpaired) electrons. The van der Waals surface area contributed by atoms with Crippen LogP contribution in [0.3, 0.4) is 0 Å². The van der Waals surface area contributed by atoms with E-state index in [1.807, 2.05) is 21.9 Å². The molecule has 1 unspecified atom stereocenters. The standard InChI is InChI=1S/C61H74F2N8O7/c62-49-16-15-40(31-50-45-11-4-5-12-46(45)55(74)67-66-50)30-48(49)57(76)70-28-26-69(27-29-70)51(72)32-39-17-24-68(25-18-39)37-61-21-19-60(20-22-61,38-78-61)65-56(75)53(42-8-2-1-3-9-42)64-54(73)47-14-6-13-44(52(47)63)43-10-7-23-71(36-43)58(77)59-33-41(34-59)35-59/h4-6,11-16,30,39,41-43,53H,1-3,7-10,17-29,31-38H2,(H,64,73)(H,65,75)(H,67,74)/t41?,43?,53-,59?,60?,61?/m1/s1. The molecule has 5 aliphatic carbocycles. The molecule has 4 bridgehead atoms. The highest BCUT2D eigenvalue weighted by Gasteiger charge is 2.62. The van der Waals surface area contributed by atoms with E-state index in [0.29, 0.717) is 92.2 Å². The molecule has 414 valence electrons. The number of nitrogens with zero attached hydrogens (tertiary/aromatic N) is 5. The van der Waals surface area contributed by atoms with Crippen molar-refractivity contribution in [3.63, 3.8) is 0 Å². The minimum absolute atomic E-state index is 0.0269. The number of amides is 5. The maximum atomic E-state index is 16.5. The summed E-state index contributed by atoms with van der Waals surface area (Å²) in [5.74, 6) is -1.39. The van der Waals surface area contributed by atoms with E-state index in [9.17, 15) is 28.8 Å². The van der Waals surface area contributed by atoms with Crippen LogP contribution in [0.4, 0.5) is 8.78 Å². The van der Waals surface area contributed by atoms with Crippen LogP contribution in [0, 0.1) is 34.8 Å². The van der Waals surface area contributed by atoms with Crippen LogP contribution in [0.25, 0.3) is 10.8 Å². The van der Waals surface area contributed by atoms with Crippen LogP contribution in [0.2, 0.25) is 0 Å². The Bertz CT molecular complexity index is 2990. The minimum atomic E-state index is -0.802. The zero-order valence-electron chi connectivity index (χ0n) is 44.8. The Balaban J connectivity index is 0.597. The Hall–Kier alpha value is -6.07. The molecule has 14 rings (SSSR count). The molecule has 5 saturated heterocycles. The zero-order valence-corrected chi connectivity index (χ0v) is 44.8. The van der Waals surface area contributed by atoms with Crippen LogP contribution >= 0.6 is 0 Å². The van der Waals surface area contributed by atoms with Crippen LogP contribution in [0.1, 0.15) is 153 Å². The van der Waals surface area contributed by atoms with Crippen molar-refractivity contribution in [1.82, 2.24) is 40.4 Å². The summed E-state index contributed by atoms with van der Waals surface area (Å²) in [5.41, 5.74) is 0.369. The van der Waals surface area contributed by atoms with E-state index < -0.39 is 35.0 Å². The highest BCUT2D eigenvalue weighted by Crippen LogP contribution is 2.65. The van der Waals surface area contributed by atoms with Gasteiger partial charge in [0.1, 0.15) is 17.7 Å². The summed E-state index contributed by atoms with van der Waals surface area (Å²) in [7, 11) is 0. The lowest BCUT2D eigenvalue weighted by atomic mass is 9.44. The number of nitrogens with one attached hydrogen (secondary N) is 3. The van der Waals surface area contributed by atoms with Crippen LogP contribution in [-0.4, -0.2) is 142 Å². The van der Waals surface area contributed by atoms with Crippen LogP contribution in [0.5, 0.6) is 0 Å². The van der Waals surface area contributed by atoms with E-state index in [1.54, 1.807) is 41.3 Å². The van der Waals surface area contributed by atoms with Crippen molar-refractivity contribution in [3.8, 4) is 0 Å². The lowest BCUT2D eigenvalue weighted by Crippen LogP contribution is -2.67. The van der Waals surface area contributed by atoms with E-state index in [4.69, 9.17) is 4.74 Å². The topological polar surface area (TPSA) is 177 Å². The number of ether oxygens (including phenoxy) is 1. The lowest BCUT2D eigenvalue weighted by molar-refractivity contribution is -0.178. The van der Waals surface area contributed by atoms with Crippen molar-refractivity contribution in [3.05, 3.63) is 111 Å². The number of carbonyl (C=O) groups is 5. The molecule has 0 spiro atoms. The van der Waals surface area contributed by atoms with Gasteiger partial charge in [0.25, 0.3) is 17.4 Å². The van der Waals surface area contributed by atoms with Crippen molar-refractivity contribution >= 4 is 40.3 Å². The molecule has 10 fully saturated rings. The van der Waals surface area contributed by atoms with Crippen molar-refractivity contribution in [2.75, 3.05) is 65.5 Å². The third-order valence-corrected chi connectivity index (χ3v) is 19.8. The summed E-state index contributed by atoms with van der Waals surface area (Å²) < 4.78 is 38.4. The highest BCUT2D eigenvalue weighted by molar-refractivity contribution is 5.98. The molecule has 78 heavy (non-hydrogen) atoms. The maximum Gasteiger partial charge on any atom is 0.272 e. The number of aromatic amines is 1. The van der Waals surface area contributed by atoms with E-state index >= 15 is 8.78 Å². The second-order valence-electron chi connectivity index (χ2n) is 24.8. The number of H-pyrrole nitrogens is 1. The second kappa shape index (κ2) is 21.5.